The largest absolute Gasteiger partial charge is 0.448 e. The van der Waals surface area contributed by atoms with Gasteiger partial charge in [-0.3, -0.25) is 9.59 Å². The molecular weight excluding hydrogens is 268 g/mol. The first kappa shape index (κ1) is 11.7. The zero-order valence-corrected chi connectivity index (χ0v) is 10.4. The number of carbonyl (C=O) groups is 2. The molecule has 1 aliphatic rings. The second kappa shape index (κ2) is 4.36. The lowest BCUT2D eigenvalue weighted by atomic mass is 10.2. The molecule has 6 nitrogen and oxygen atoms in total. The van der Waals surface area contributed by atoms with Crippen LogP contribution in [0, 0.1) is 0 Å². The molecule has 0 bridgehead atoms. The van der Waals surface area contributed by atoms with Crippen molar-refractivity contribution in [3.63, 3.8) is 0 Å². The molecule has 3 heterocycles. The number of carbonyl (C=O) groups excluding carboxylic acids is 2. The predicted octanol–water partition coefficient (Wildman–Crippen LogP) is 1.93. The van der Waals surface area contributed by atoms with Gasteiger partial charge in [-0.1, -0.05) is 0 Å². The molecule has 2 aromatic heterocycles. The highest BCUT2D eigenvalue weighted by Gasteiger charge is 2.39. The van der Waals surface area contributed by atoms with E-state index in [-0.39, 0.29) is 23.3 Å². The normalized spacial score (nSPS) is 16.3. The van der Waals surface area contributed by atoms with E-state index in [1.807, 2.05) is 0 Å². The molecule has 3 rings (SSSR count). The third-order valence-corrected chi connectivity index (χ3v) is 3.00. The van der Waals surface area contributed by atoms with Crippen LogP contribution >= 0.6 is 12.2 Å². The summed E-state index contributed by atoms with van der Waals surface area (Å²) in [6.45, 7) is 0. The summed E-state index contributed by atoms with van der Waals surface area (Å²) in [6.07, 6.45) is 2.57. The van der Waals surface area contributed by atoms with Crippen LogP contribution in [-0.4, -0.2) is 16.9 Å². The van der Waals surface area contributed by atoms with Crippen LogP contribution < -0.4 is 9.80 Å². The Kier molecular flexibility index (Phi) is 2.68. The number of anilines is 2. The minimum absolute atomic E-state index is 0.0196. The first-order valence-electron chi connectivity index (χ1n) is 5.45. The van der Waals surface area contributed by atoms with Gasteiger partial charge in [0.05, 0.1) is 12.5 Å². The number of rotatable bonds is 2. The zero-order chi connectivity index (χ0) is 13.4. The summed E-state index contributed by atoms with van der Waals surface area (Å²) in [5.41, 5.74) is 0. The molecule has 19 heavy (non-hydrogen) atoms. The molecule has 2 amide bonds. The number of hydrogen-bond acceptors (Lipinski definition) is 5. The van der Waals surface area contributed by atoms with Gasteiger partial charge in [0, 0.05) is 12.1 Å². The molecule has 7 heteroatoms. The van der Waals surface area contributed by atoms with E-state index < -0.39 is 11.8 Å². The third-order valence-electron chi connectivity index (χ3n) is 2.64. The van der Waals surface area contributed by atoms with E-state index in [4.69, 9.17) is 21.1 Å². The molecule has 0 atom stereocenters. The van der Waals surface area contributed by atoms with Crippen molar-refractivity contribution in [1.29, 1.82) is 0 Å². The van der Waals surface area contributed by atoms with E-state index in [0.717, 1.165) is 0 Å². The van der Waals surface area contributed by atoms with Crippen LogP contribution in [0.15, 0.2) is 45.6 Å². The van der Waals surface area contributed by atoms with Crippen molar-refractivity contribution in [2.45, 2.75) is 6.42 Å². The SMILES string of the molecule is O=C1CC(=O)N(c2ccco2)C(=S)N1c1ccco1. The Labute approximate surface area is 113 Å². The average Bonchev–Trinajstić information content (AvgIpc) is 3.00. The lowest BCUT2D eigenvalue weighted by Crippen LogP contribution is -2.55. The molecule has 0 saturated carbocycles. The molecule has 0 radical (unpaired) electrons. The Balaban J connectivity index is 2.01. The summed E-state index contributed by atoms with van der Waals surface area (Å²) in [5, 5.41) is 0.0196. The van der Waals surface area contributed by atoms with Crippen LogP contribution in [-0.2, 0) is 9.59 Å². The molecule has 1 saturated heterocycles. The van der Waals surface area contributed by atoms with Gasteiger partial charge < -0.3 is 8.83 Å². The minimum atomic E-state index is -0.423. The van der Waals surface area contributed by atoms with Crippen LogP contribution in [0.5, 0.6) is 0 Å². The Bertz CT molecular complexity index is 579. The zero-order valence-electron chi connectivity index (χ0n) is 9.61. The van der Waals surface area contributed by atoms with Crippen molar-refractivity contribution in [2.24, 2.45) is 0 Å². The van der Waals surface area contributed by atoms with Gasteiger partial charge in [-0.2, -0.15) is 0 Å². The highest BCUT2D eigenvalue weighted by Crippen LogP contribution is 2.26. The van der Waals surface area contributed by atoms with Gasteiger partial charge in [0.1, 0.15) is 6.42 Å². The van der Waals surface area contributed by atoms with Gasteiger partial charge in [-0.05, 0) is 24.4 Å². The Morgan fingerprint density at radius 1 is 0.947 bits per heavy atom. The first-order valence-corrected chi connectivity index (χ1v) is 5.86. The van der Waals surface area contributed by atoms with E-state index in [1.54, 1.807) is 24.3 Å². The van der Waals surface area contributed by atoms with Gasteiger partial charge in [0.15, 0.2) is 5.11 Å². The maximum atomic E-state index is 11.9. The summed E-state index contributed by atoms with van der Waals surface area (Å²) in [4.78, 5) is 26.2. The monoisotopic (exact) mass is 276 g/mol. The second-order valence-electron chi connectivity index (χ2n) is 3.82. The Morgan fingerprint density at radius 2 is 1.42 bits per heavy atom. The molecule has 0 aliphatic carbocycles. The number of thiocarbonyl (C=S) groups is 1. The van der Waals surface area contributed by atoms with Crippen LogP contribution in [0.4, 0.5) is 11.8 Å². The number of furan rings is 2. The fourth-order valence-corrected chi connectivity index (χ4v) is 2.21. The quantitative estimate of drug-likeness (QED) is 0.619. The summed E-state index contributed by atoms with van der Waals surface area (Å²) >= 11 is 5.19. The maximum absolute atomic E-state index is 11.9. The lowest BCUT2D eigenvalue weighted by Gasteiger charge is -2.32. The lowest BCUT2D eigenvalue weighted by molar-refractivity contribution is -0.126. The molecular formula is C12H8N2O4S. The molecule has 0 unspecified atom stereocenters. The Morgan fingerprint density at radius 3 is 1.79 bits per heavy atom. The topological polar surface area (TPSA) is 66.9 Å². The van der Waals surface area contributed by atoms with E-state index in [1.165, 1.54) is 22.3 Å². The summed E-state index contributed by atoms with van der Waals surface area (Å²) in [6, 6.07) is 6.47. The molecule has 1 fully saturated rings. The fraction of sp³-hybridized carbons (Fsp3) is 0.0833. The summed E-state index contributed by atoms with van der Waals surface area (Å²) in [5.74, 6) is -0.293. The molecule has 0 spiro atoms. The summed E-state index contributed by atoms with van der Waals surface area (Å²) < 4.78 is 10.3. The second-order valence-corrected chi connectivity index (χ2v) is 4.19. The predicted molar refractivity (Wildman–Crippen MR) is 69.6 cm³/mol. The Hall–Kier alpha value is -2.41. The van der Waals surface area contributed by atoms with E-state index in [0.29, 0.717) is 0 Å². The first-order chi connectivity index (χ1) is 9.18. The molecule has 0 aromatic carbocycles. The van der Waals surface area contributed by atoms with E-state index >= 15 is 0 Å². The van der Waals surface area contributed by atoms with Crippen LogP contribution in [0.1, 0.15) is 6.42 Å². The highest BCUT2D eigenvalue weighted by molar-refractivity contribution is 7.81. The van der Waals surface area contributed by atoms with E-state index in [9.17, 15) is 9.59 Å². The van der Waals surface area contributed by atoms with Crippen molar-refractivity contribution in [3.8, 4) is 0 Å². The summed E-state index contributed by atoms with van der Waals surface area (Å²) in [7, 11) is 0. The average molecular weight is 276 g/mol. The molecule has 1 aliphatic heterocycles. The van der Waals surface area contributed by atoms with E-state index in [2.05, 4.69) is 0 Å². The van der Waals surface area contributed by atoms with Gasteiger partial charge in [-0.25, -0.2) is 9.80 Å². The van der Waals surface area contributed by atoms with Crippen LogP contribution in [0.2, 0.25) is 0 Å². The molecule has 96 valence electrons. The van der Waals surface area contributed by atoms with Crippen molar-refractivity contribution in [1.82, 2.24) is 0 Å². The van der Waals surface area contributed by atoms with Gasteiger partial charge in [0.2, 0.25) is 23.6 Å². The van der Waals surface area contributed by atoms with Crippen molar-refractivity contribution in [2.75, 3.05) is 9.80 Å². The fourth-order valence-electron chi connectivity index (χ4n) is 1.83. The molecule has 2 aromatic rings. The van der Waals surface area contributed by atoms with Gasteiger partial charge >= 0.3 is 0 Å². The van der Waals surface area contributed by atoms with Crippen molar-refractivity contribution < 1.29 is 18.4 Å². The number of amides is 2. The third kappa shape index (κ3) is 1.84. The molecule has 0 N–H and O–H groups in total. The van der Waals surface area contributed by atoms with Crippen molar-refractivity contribution in [3.05, 3.63) is 36.8 Å². The van der Waals surface area contributed by atoms with Crippen LogP contribution in [0.25, 0.3) is 0 Å². The number of hydrogen-bond donors (Lipinski definition) is 0. The van der Waals surface area contributed by atoms with Crippen LogP contribution in [0.3, 0.4) is 0 Å². The maximum Gasteiger partial charge on any atom is 0.245 e. The highest BCUT2D eigenvalue weighted by atomic mass is 32.1. The van der Waals surface area contributed by atoms with Crippen molar-refractivity contribution >= 4 is 40.9 Å². The number of nitrogens with zero attached hydrogens (tertiary/aromatic N) is 2. The minimum Gasteiger partial charge on any atom is -0.448 e. The van der Waals surface area contributed by atoms with Gasteiger partial charge in [0.25, 0.3) is 0 Å². The smallest absolute Gasteiger partial charge is 0.245 e. The van der Waals surface area contributed by atoms with Gasteiger partial charge in [-0.15, -0.1) is 0 Å². The standard InChI is InChI=1S/C12H8N2O4S/c15-8-7-9(16)14(11-4-2-6-18-11)12(19)13(8)10-3-1-5-17-10/h1-6H,7H2.